The van der Waals surface area contributed by atoms with E-state index in [1.807, 2.05) is 12.1 Å². The summed E-state index contributed by atoms with van der Waals surface area (Å²) in [5.74, 6) is 0.107. The summed E-state index contributed by atoms with van der Waals surface area (Å²) in [6, 6.07) is 8.73. The molecule has 1 saturated heterocycles. The Bertz CT molecular complexity index is 573. The topological polar surface area (TPSA) is 41.6 Å². The highest BCUT2D eigenvalue weighted by Gasteiger charge is 2.39. The summed E-state index contributed by atoms with van der Waals surface area (Å²) in [4.78, 5) is 15.1. The monoisotopic (exact) mass is 346 g/mol. The van der Waals surface area contributed by atoms with Crippen LogP contribution in [0.25, 0.3) is 0 Å². The summed E-state index contributed by atoms with van der Waals surface area (Å²) in [5.41, 5.74) is 2.07. The quantitative estimate of drug-likeness (QED) is 0.834. The number of hydrogen-bond acceptors (Lipinski definition) is 3. The summed E-state index contributed by atoms with van der Waals surface area (Å²) in [7, 11) is 4.39. The van der Waals surface area contributed by atoms with Crippen molar-refractivity contribution in [2.24, 2.45) is 0 Å². The Balaban J connectivity index is 1.60. The van der Waals surface area contributed by atoms with Crippen LogP contribution in [0.4, 0.5) is 11.4 Å². The molecule has 0 aromatic heterocycles. The predicted octanol–water partition coefficient (Wildman–Crippen LogP) is 2.87. The molecule has 2 aliphatic rings. The van der Waals surface area contributed by atoms with Crippen LogP contribution >= 0.6 is 0 Å². The molecule has 1 atom stereocenters. The second-order valence-corrected chi connectivity index (χ2v) is 7.88. The molecule has 138 valence electrons. The van der Waals surface area contributed by atoms with Crippen molar-refractivity contribution in [3.63, 3.8) is 0 Å². The molecule has 0 radical (unpaired) electrons. The lowest BCUT2D eigenvalue weighted by Gasteiger charge is -2.40. The van der Waals surface area contributed by atoms with Gasteiger partial charge in [0, 0.05) is 24.5 Å². The van der Waals surface area contributed by atoms with Crippen molar-refractivity contribution in [1.82, 2.24) is 0 Å². The lowest BCUT2D eigenvalue weighted by atomic mass is 10.1. The lowest BCUT2D eigenvalue weighted by molar-refractivity contribution is -0.927. The van der Waals surface area contributed by atoms with E-state index in [4.69, 9.17) is 4.74 Å². The van der Waals surface area contributed by atoms with E-state index < -0.39 is 0 Å². The number of quaternary nitrogens is 1. The third-order valence-electron chi connectivity index (χ3n) is 6.15. The molecule has 5 heteroatoms. The first-order valence-corrected chi connectivity index (χ1v) is 9.55. The number of amides is 1. The molecule has 5 nitrogen and oxygen atoms in total. The van der Waals surface area contributed by atoms with Gasteiger partial charge in [-0.1, -0.05) is 0 Å². The summed E-state index contributed by atoms with van der Waals surface area (Å²) in [6.07, 6.45) is 5.06. The Morgan fingerprint density at radius 2 is 1.76 bits per heavy atom. The van der Waals surface area contributed by atoms with Gasteiger partial charge < -0.3 is 19.4 Å². The lowest BCUT2D eigenvalue weighted by Crippen LogP contribution is -2.57. The number of benzene rings is 1. The van der Waals surface area contributed by atoms with E-state index in [0.29, 0.717) is 6.04 Å². The standard InChI is InChI=1S/C20H31N3O2/c1-16(23(2,3)19-6-4-5-7-19)20(24)21-17-8-10-18(11-9-17)22-12-14-25-15-13-22/h8-11,16,19H,4-7,12-15H2,1-3H3/p+1/t16-/m0/s1. The van der Waals surface area contributed by atoms with Gasteiger partial charge >= 0.3 is 0 Å². The molecule has 1 aliphatic heterocycles. The molecule has 1 aromatic carbocycles. The Labute approximate surface area is 151 Å². The van der Waals surface area contributed by atoms with Gasteiger partial charge in [-0.2, -0.15) is 0 Å². The van der Waals surface area contributed by atoms with Gasteiger partial charge in [0.05, 0.1) is 33.4 Å². The van der Waals surface area contributed by atoms with E-state index >= 15 is 0 Å². The second kappa shape index (κ2) is 7.75. The predicted molar refractivity (Wildman–Crippen MR) is 102 cm³/mol. The first-order valence-electron chi connectivity index (χ1n) is 9.55. The number of carbonyl (C=O) groups is 1. The van der Waals surface area contributed by atoms with Gasteiger partial charge in [-0.15, -0.1) is 0 Å². The Hall–Kier alpha value is -1.59. The number of hydrogen-bond donors (Lipinski definition) is 1. The zero-order valence-electron chi connectivity index (χ0n) is 15.8. The van der Waals surface area contributed by atoms with Gasteiger partial charge in [-0.05, 0) is 56.9 Å². The molecule has 1 amide bonds. The smallest absolute Gasteiger partial charge is 0.282 e. The van der Waals surface area contributed by atoms with Crippen molar-refractivity contribution in [3.8, 4) is 0 Å². The van der Waals surface area contributed by atoms with Crippen LogP contribution in [0.15, 0.2) is 24.3 Å². The van der Waals surface area contributed by atoms with Crippen molar-refractivity contribution < 1.29 is 14.0 Å². The van der Waals surface area contributed by atoms with E-state index in [-0.39, 0.29) is 11.9 Å². The fourth-order valence-electron chi connectivity index (χ4n) is 4.01. The first-order chi connectivity index (χ1) is 12.0. The largest absolute Gasteiger partial charge is 0.378 e. The van der Waals surface area contributed by atoms with Crippen LogP contribution in [0.3, 0.4) is 0 Å². The fraction of sp³-hybridized carbons (Fsp3) is 0.650. The van der Waals surface area contributed by atoms with Crippen molar-refractivity contribution >= 4 is 17.3 Å². The molecular weight excluding hydrogens is 314 g/mol. The van der Waals surface area contributed by atoms with Crippen molar-refractivity contribution in [1.29, 1.82) is 0 Å². The third-order valence-corrected chi connectivity index (χ3v) is 6.15. The molecule has 1 heterocycles. The Morgan fingerprint density at radius 3 is 2.36 bits per heavy atom. The van der Waals surface area contributed by atoms with Crippen molar-refractivity contribution in [3.05, 3.63) is 24.3 Å². The molecule has 0 unspecified atom stereocenters. The number of morpholine rings is 1. The van der Waals surface area contributed by atoms with Crippen LogP contribution in [0.1, 0.15) is 32.6 Å². The van der Waals surface area contributed by atoms with E-state index in [9.17, 15) is 4.79 Å². The van der Waals surface area contributed by atoms with E-state index in [2.05, 4.69) is 43.4 Å². The molecule has 1 N–H and O–H groups in total. The van der Waals surface area contributed by atoms with Crippen LogP contribution < -0.4 is 10.2 Å². The molecule has 3 rings (SSSR count). The molecule has 1 aliphatic carbocycles. The summed E-state index contributed by atoms with van der Waals surface area (Å²) in [5, 5.41) is 3.10. The van der Waals surface area contributed by atoms with Gasteiger partial charge in [0.2, 0.25) is 0 Å². The highest BCUT2D eigenvalue weighted by Crippen LogP contribution is 2.29. The second-order valence-electron chi connectivity index (χ2n) is 7.88. The normalized spacial score (nSPS) is 20.5. The SMILES string of the molecule is C[C@@H](C(=O)Nc1ccc(N2CCOCC2)cc1)[N+](C)(C)C1CCCC1. The minimum absolute atomic E-state index is 0.0537. The van der Waals surface area contributed by atoms with Crippen molar-refractivity contribution in [2.75, 3.05) is 50.6 Å². The Kier molecular flexibility index (Phi) is 5.64. The zero-order valence-corrected chi connectivity index (χ0v) is 15.8. The van der Waals surface area contributed by atoms with Crippen molar-refractivity contribution in [2.45, 2.75) is 44.7 Å². The maximum atomic E-state index is 12.7. The average Bonchev–Trinajstić information content (AvgIpc) is 3.18. The summed E-state index contributed by atoms with van der Waals surface area (Å²) < 4.78 is 6.17. The number of carbonyl (C=O) groups excluding carboxylic acids is 1. The van der Waals surface area contributed by atoms with E-state index in [1.165, 1.54) is 31.4 Å². The summed E-state index contributed by atoms with van der Waals surface area (Å²) in [6.45, 7) is 5.47. The highest BCUT2D eigenvalue weighted by atomic mass is 16.5. The van der Waals surface area contributed by atoms with Crippen LogP contribution in [0.5, 0.6) is 0 Å². The number of ether oxygens (including phenoxy) is 1. The Morgan fingerprint density at radius 1 is 1.16 bits per heavy atom. The van der Waals surface area contributed by atoms with Crippen LogP contribution in [0.2, 0.25) is 0 Å². The van der Waals surface area contributed by atoms with Gasteiger partial charge in [0.15, 0.2) is 6.04 Å². The number of rotatable bonds is 5. The maximum Gasteiger partial charge on any atom is 0.282 e. The molecule has 0 bridgehead atoms. The molecule has 0 spiro atoms. The van der Waals surface area contributed by atoms with E-state index in [1.54, 1.807) is 0 Å². The molecular formula is C20H32N3O2+. The number of likely N-dealkylation sites (N-methyl/N-ethyl adjacent to an activating group) is 1. The van der Waals surface area contributed by atoms with Crippen LogP contribution in [0, 0.1) is 0 Å². The van der Waals surface area contributed by atoms with Gasteiger partial charge in [0.1, 0.15) is 0 Å². The van der Waals surface area contributed by atoms with Gasteiger partial charge in [-0.3, -0.25) is 4.79 Å². The fourth-order valence-corrected chi connectivity index (χ4v) is 4.01. The van der Waals surface area contributed by atoms with Crippen LogP contribution in [-0.2, 0) is 9.53 Å². The highest BCUT2D eigenvalue weighted by molar-refractivity contribution is 5.94. The van der Waals surface area contributed by atoms with Crippen LogP contribution in [-0.4, -0.2) is 62.9 Å². The minimum Gasteiger partial charge on any atom is -0.378 e. The average molecular weight is 346 g/mol. The molecule has 1 saturated carbocycles. The zero-order chi connectivity index (χ0) is 17.9. The maximum absolute atomic E-state index is 12.7. The van der Waals surface area contributed by atoms with E-state index in [0.717, 1.165) is 36.5 Å². The summed E-state index contributed by atoms with van der Waals surface area (Å²) >= 11 is 0. The molecule has 1 aromatic rings. The van der Waals surface area contributed by atoms with Gasteiger partial charge in [-0.25, -0.2) is 0 Å². The third kappa shape index (κ3) is 4.15. The van der Waals surface area contributed by atoms with Gasteiger partial charge in [0.25, 0.3) is 5.91 Å². The molecule has 25 heavy (non-hydrogen) atoms. The minimum atomic E-state index is -0.0537. The first kappa shape index (κ1) is 18.2. The number of nitrogens with one attached hydrogen (secondary N) is 1. The molecule has 2 fully saturated rings. The number of nitrogens with zero attached hydrogens (tertiary/aromatic N) is 2. The number of anilines is 2.